The molecule has 7 heteroatoms. The first-order valence-electron chi connectivity index (χ1n) is 9.67. The number of thiophene rings is 1. The molecule has 144 valence electrons. The Labute approximate surface area is 167 Å². The molecule has 0 saturated heterocycles. The number of nitrogens with two attached hydrogens (primary N) is 1. The van der Waals surface area contributed by atoms with Gasteiger partial charge in [-0.05, 0) is 55.4 Å². The van der Waals surface area contributed by atoms with Gasteiger partial charge in [-0.1, -0.05) is 12.1 Å². The van der Waals surface area contributed by atoms with E-state index in [0.29, 0.717) is 16.5 Å². The number of carbonyl (C=O) groups excluding carboxylic acids is 1. The largest absolute Gasteiger partial charge is 0.497 e. The van der Waals surface area contributed by atoms with Crippen LogP contribution >= 0.6 is 11.3 Å². The van der Waals surface area contributed by atoms with Crippen LogP contribution in [0.3, 0.4) is 0 Å². The van der Waals surface area contributed by atoms with Crippen molar-refractivity contribution in [1.29, 1.82) is 0 Å². The molecule has 2 aliphatic rings. The number of nitrogens with zero attached hydrogens (tertiary/aromatic N) is 2. The molecule has 0 spiro atoms. The lowest BCUT2D eigenvalue weighted by Gasteiger charge is -2.14. The summed E-state index contributed by atoms with van der Waals surface area (Å²) in [4.78, 5) is 14.2. The fourth-order valence-electron chi connectivity index (χ4n) is 4.14. The molecule has 0 radical (unpaired) electrons. The number of nitrogen functional groups attached to an aromatic ring is 1. The summed E-state index contributed by atoms with van der Waals surface area (Å²) in [6, 6.07) is 8.18. The molecule has 3 N–H and O–H groups in total. The first-order valence-corrected chi connectivity index (χ1v) is 10.5. The monoisotopic (exact) mass is 394 g/mol. The Hall–Kier alpha value is -2.67. The number of fused-ring (bicyclic) bond motifs is 3. The molecule has 0 bridgehead atoms. The average molecular weight is 395 g/mol. The summed E-state index contributed by atoms with van der Waals surface area (Å²) in [7, 11) is 1.66. The number of benzene rings is 1. The smallest absolute Gasteiger partial charge is 0.263 e. The summed E-state index contributed by atoms with van der Waals surface area (Å²) >= 11 is 1.35. The van der Waals surface area contributed by atoms with Gasteiger partial charge in [-0.2, -0.15) is 5.10 Å². The number of hydrogen-bond donors (Lipinski definition) is 2. The molecule has 2 atom stereocenters. The van der Waals surface area contributed by atoms with E-state index in [1.807, 2.05) is 12.1 Å². The lowest BCUT2D eigenvalue weighted by molar-refractivity contribution is 0.0955. The SMILES string of the molecule is COc1ccc(C2CC2NC(=O)c2sc3nnc4c(c3c2N)CCCC4)cc1. The van der Waals surface area contributed by atoms with Crippen LogP contribution in [0, 0.1) is 0 Å². The van der Waals surface area contributed by atoms with E-state index in [9.17, 15) is 4.79 Å². The summed E-state index contributed by atoms with van der Waals surface area (Å²) < 4.78 is 5.21. The first-order chi connectivity index (χ1) is 13.7. The van der Waals surface area contributed by atoms with Gasteiger partial charge in [0.1, 0.15) is 15.5 Å². The summed E-state index contributed by atoms with van der Waals surface area (Å²) in [6.07, 6.45) is 5.12. The molecule has 1 amide bonds. The molecule has 1 fully saturated rings. The fraction of sp³-hybridized carbons (Fsp3) is 0.381. The summed E-state index contributed by atoms with van der Waals surface area (Å²) in [5.41, 5.74) is 10.4. The quantitative estimate of drug-likeness (QED) is 0.707. The molecule has 3 aromatic rings. The predicted molar refractivity (Wildman–Crippen MR) is 110 cm³/mol. The number of aromatic nitrogens is 2. The Balaban J connectivity index is 1.36. The van der Waals surface area contributed by atoms with E-state index in [-0.39, 0.29) is 11.9 Å². The van der Waals surface area contributed by atoms with E-state index in [1.165, 1.54) is 22.5 Å². The van der Waals surface area contributed by atoms with Crippen LogP contribution in [-0.2, 0) is 12.8 Å². The number of amides is 1. The number of rotatable bonds is 4. The van der Waals surface area contributed by atoms with Crippen molar-refractivity contribution in [2.24, 2.45) is 0 Å². The maximum absolute atomic E-state index is 12.9. The highest BCUT2D eigenvalue weighted by Crippen LogP contribution is 2.42. The van der Waals surface area contributed by atoms with Gasteiger partial charge in [0.25, 0.3) is 5.91 Å². The van der Waals surface area contributed by atoms with Gasteiger partial charge in [-0.15, -0.1) is 16.4 Å². The molecule has 1 saturated carbocycles. The molecule has 28 heavy (non-hydrogen) atoms. The van der Waals surface area contributed by atoms with E-state index < -0.39 is 0 Å². The summed E-state index contributed by atoms with van der Waals surface area (Å²) in [5, 5.41) is 12.8. The first kappa shape index (κ1) is 17.4. The van der Waals surface area contributed by atoms with Crippen molar-refractivity contribution in [3.8, 4) is 5.75 Å². The zero-order chi connectivity index (χ0) is 19.3. The van der Waals surface area contributed by atoms with Crippen LogP contribution in [0.15, 0.2) is 24.3 Å². The summed E-state index contributed by atoms with van der Waals surface area (Å²) in [6.45, 7) is 0. The third-order valence-electron chi connectivity index (χ3n) is 5.79. The van der Waals surface area contributed by atoms with Gasteiger partial charge in [-0.25, -0.2) is 0 Å². The van der Waals surface area contributed by atoms with Crippen molar-refractivity contribution in [1.82, 2.24) is 15.5 Å². The van der Waals surface area contributed by atoms with Crippen LogP contribution in [0.2, 0.25) is 0 Å². The van der Waals surface area contributed by atoms with Gasteiger partial charge < -0.3 is 15.8 Å². The van der Waals surface area contributed by atoms with Crippen molar-refractivity contribution < 1.29 is 9.53 Å². The molecule has 2 heterocycles. The molecule has 2 unspecified atom stereocenters. The molecule has 6 nitrogen and oxygen atoms in total. The number of methoxy groups -OCH3 is 1. The van der Waals surface area contributed by atoms with Gasteiger partial charge in [-0.3, -0.25) is 4.79 Å². The van der Waals surface area contributed by atoms with Gasteiger partial charge >= 0.3 is 0 Å². The molecular formula is C21H22N4O2S. The molecule has 2 aromatic heterocycles. The van der Waals surface area contributed by atoms with Gasteiger partial charge in [0.2, 0.25) is 0 Å². The highest BCUT2D eigenvalue weighted by atomic mass is 32.1. The van der Waals surface area contributed by atoms with Crippen LogP contribution in [0.25, 0.3) is 10.2 Å². The van der Waals surface area contributed by atoms with Crippen molar-refractivity contribution in [3.63, 3.8) is 0 Å². The van der Waals surface area contributed by atoms with Crippen molar-refractivity contribution in [3.05, 3.63) is 46.0 Å². The average Bonchev–Trinajstić information content (AvgIpc) is 3.41. The number of aryl methyl sites for hydroxylation is 2. The van der Waals surface area contributed by atoms with Gasteiger partial charge in [0, 0.05) is 17.3 Å². The van der Waals surface area contributed by atoms with E-state index >= 15 is 0 Å². The Bertz CT molecular complexity index is 1060. The number of nitrogens with one attached hydrogen (secondary N) is 1. The maximum atomic E-state index is 12.9. The zero-order valence-corrected chi connectivity index (χ0v) is 16.5. The molecule has 5 rings (SSSR count). The minimum absolute atomic E-state index is 0.105. The standard InChI is InChI=1S/C21H22N4O2S/c1-27-12-8-6-11(7-9-12)14-10-16(14)23-20(26)19-18(22)17-13-4-2-3-5-15(13)24-25-21(17)28-19/h6-9,14,16H,2-5,10,22H2,1H3,(H,23,26). The van der Waals surface area contributed by atoms with Crippen molar-refractivity contribution in [2.45, 2.75) is 44.1 Å². The molecule has 1 aromatic carbocycles. The Morgan fingerprint density at radius 3 is 2.79 bits per heavy atom. The minimum atomic E-state index is -0.105. The zero-order valence-electron chi connectivity index (χ0n) is 15.7. The van der Waals surface area contributed by atoms with Crippen LogP contribution in [-0.4, -0.2) is 29.3 Å². The van der Waals surface area contributed by atoms with Crippen LogP contribution in [0.5, 0.6) is 5.75 Å². The predicted octanol–water partition coefficient (Wildman–Crippen LogP) is 3.45. The van der Waals surface area contributed by atoms with Gasteiger partial charge in [0.05, 0.1) is 18.5 Å². The number of hydrogen-bond acceptors (Lipinski definition) is 6. The normalized spacial score (nSPS) is 20.6. The Morgan fingerprint density at radius 2 is 2.00 bits per heavy atom. The fourth-order valence-corrected chi connectivity index (χ4v) is 5.12. The van der Waals surface area contributed by atoms with Crippen LogP contribution in [0.4, 0.5) is 5.69 Å². The Kier molecular flexibility index (Phi) is 4.19. The van der Waals surface area contributed by atoms with Crippen LogP contribution in [0.1, 0.15) is 51.7 Å². The second kappa shape index (κ2) is 6.74. The van der Waals surface area contributed by atoms with Crippen molar-refractivity contribution >= 4 is 33.1 Å². The van der Waals surface area contributed by atoms with E-state index in [0.717, 1.165) is 53.8 Å². The van der Waals surface area contributed by atoms with E-state index in [1.54, 1.807) is 7.11 Å². The van der Waals surface area contributed by atoms with Crippen molar-refractivity contribution in [2.75, 3.05) is 12.8 Å². The minimum Gasteiger partial charge on any atom is -0.497 e. The second-order valence-electron chi connectivity index (χ2n) is 7.55. The third kappa shape index (κ3) is 2.90. The van der Waals surface area contributed by atoms with E-state index in [2.05, 4.69) is 27.6 Å². The third-order valence-corrected chi connectivity index (χ3v) is 6.87. The molecule has 2 aliphatic carbocycles. The molecular weight excluding hydrogens is 372 g/mol. The van der Waals surface area contributed by atoms with Gasteiger partial charge in [0.15, 0.2) is 0 Å². The molecule has 0 aliphatic heterocycles. The summed E-state index contributed by atoms with van der Waals surface area (Å²) in [5.74, 6) is 1.08. The lowest BCUT2D eigenvalue weighted by atomic mass is 9.94. The number of carbonyl (C=O) groups is 1. The maximum Gasteiger partial charge on any atom is 0.263 e. The second-order valence-corrected chi connectivity index (χ2v) is 8.55. The topological polar surface area (TPSA) is 90.1 Å². The Morgan fingerprint density at radius 1 is 1.21 bits per heavy atom. The number of ether oxygens (including phenoxy) is 1. The number of anilines is 1. The lowest BCUT2D eigenvalue weighted by Crippen LogP contribution is -2.26. The van der Waals surface area contributed by atoms with Crippen LogP contribution < -0.4 is 15.8 Å². The highest BCUT2D eigenvalue weighted by Gasteiger charge is 2.40. The van der Waals surface area contributed by atoms with E-state index in [4.69, 9.17) is 10.5 Å². The highest BCUT2D eigenvalue weighted by molar-refractivity contribution is 7.21.